The number of aliphatic hydroxyl groups is 1. The third-order valence-corrected chi connectivity index (χ3v) is 10.1. The van der Waals surface area contributed by atoms with Crippen LogP contribution in [0.1, 0.15) is 70.3 Å². The monoisotopic (exact) mass is 425 g/mol. The van der Waals surface area contributed by atoms with Crippen LogP contribution >= 0.6 is 0 Å². The molecule has 4 saturated carbocycles. The Morgan fingerprint density at radius 3 is 2.81 bits per heavy atom. The molecular weight excluding hydrogens is 386 g/mol. The fraction of sp³-hybridized carbons (Fsp3) is 0.846. The standard InChI is InChI=1S/C26H39N3O2/c1-26-10-9-21-20-5-3-17(16-31-2)11-19(20)4-6-22(21)23(26)7-8-24(26)25(30)15-29-14-18(12-27)13-28-29/h13-14,17,19-25,30H,3-11,15-16H2,1-2H3. The maximum Gasteiger partial charge on any atom is 0.102 e. The molecule has 1 N–H and O–H groups in total. The smallest absolute Gasteiger partial charge is 0.102 e. The van der Waals surface area contributed by atoms with Gasteiger partial charge >= 0.3 is 0 Å². The highest BCUT2D eigenvalue weighted by molar-refractivity contribution is 5.21. The van der Waals surface area contributed by atoms with Gasteiger partial charge in [0.15, 0.2) is 0 Å². The first-order chi connectivity index (χ1) is 15.0. The molecule has 9 atom stereocenters. The fourth-order valence-electron chi connectivity index (χ4n) is 8.85. The lowest BCUT2D eigenvalue weighted by Crippen LogP contribution is -2.50. The van der Waals surface area contributed by atoms with E-state index >= 15 is 0 Å². The van der Waals surface area contributed by atoms with Crippen LogP contribution in [0.5, 0.6) is 0 Å². The van der Waals surface area contributed by atoms with Gasteiger partial charge in [0, 0.05) is 19.9 Å². The van der Waals surface area contributed by atoms with Crippen molar-refractivity contribution in [2.45, 2.75) is 77.4 Å². The average molecular weight is 426 g/mol. The molecule has 1 aromatic heterocycles. The van der Waals surface area contributed by atoms with Crippen molar-refractivity contribution in [3.05, 3.63) is 18.0 Å². The van der Waals surface area contributed by atoms with Gasteiger partial charge in [-0.1, -0.05) is 6.92 Å². The van der Waals surface area contributed by atoms with Crippen LogP contribution in [-0.4, -0.2) is 34.7 Å². The van der Waals surface area contributed by atoms with Crippen LogP contribution in [0.4, 0.5) is 0 Å². The number of hydrogen-bond donors (Lipinski definition) is 1. The quantitative estimate of drug-likeness (QED) is 0.745. The zero-order valence-electron chi connectivity index (χ0n) is 19.2. The maximum absolute atomic E-state index is 11.2. The number of ether oxygens (including phenoxy) is 1. The lowest BCUT2D eigenvalue weighted by molar-refractivity contribution is -0.0885. The van der Waals surface area contributed by atoms with Gasteiger partial charge in [-0.05, 0) is 105 Å². The van der Waals surface area contributed by atoms with Crippen molar-refractivity contribution in [3.63, 3.8) is 0 Å². The number of nitriles is 1. The number of aromatic nitrogens is 2. The van der Waals surface area contributed by atoms with E-state index in [1.54, 1.807) is 17.1 Å². The second-order valence-electron chi connectivity index (χ2n) is 11.4. The molecule has 170 valence electrons. The van der Waals surface area contributed by atoms with Crippen LogP contribution in [0, 0.1) is 58.2 Å². The molecule has 0 aliphatic heterocycles. The highest BCUT2D eigenvalue weighted by Gasteiger charge is 2.58. The summed E-state index contributed by atoms with van der Waals surface area (Å²) in [6, 6.07) is 2.13. The number of rotatable bonds is 5. The Bertz CT molecular complexity index is 816. The minimum atomic E-state index is -0.376. The van der Waals surface area contributed by atoms with E-state index in [1.165, 1.54) is 51.4 Å². The Morgan fingerprint density at radius 2 is 2.03 bits per heavy atom. The van der Waals surface area contributed by atoms with Gasteiger partial charge in [-0.2, -0.15) is 10.4 Å². The van der Waals surface area contributed by atoms with Crippen LogP contribution < -0.4 is 0 Å². The molecule has 0 spiro atoms. The van der Waals surface area contributed by atoms with Gasteiger partial charge in [0.05, 0.1) is 24.4 Å². The second kappa shape index (κ2) is 8.52. The summed E-state index contributed by atoms with van der Waals surface area (Å²) >= 11 is 0. The van der Waals surface area contributed by atoms with Gasteiger partial charge < -0.3 is 9.84 Å². The molecule has 4 aliphatic carbocycles. The summed E-state index contributed by atoms with van der Waals surface area (Å²) in [5, 5.41) is 24.5. The number of fused-ring (bicyclic) bond motifs is 5. The van der Waals surface area contributed by atoms with Crippen molar-refractivity contribution in [1.29, 1.82) is 5.26 Å². The van der Waals surface area contributed by atoms with Crippen LogP contribution in [0.15, 0.2) is 12.4 Å². The van der Waals surface area contributed by atoms with E-state index in [9.17, 15) is 5.11 Å². The molecule has 9 unspecified atom stereocenters. The maximum atomic E-state index is 11.2. The summed E-state index contributed by atoms with van der Waals surface area (Å²) in [7, 11) is 1.85. The second-order valence-corrected chi connectivity index (χ2v) is 11.4. The minimum absolute atomic E-state index is 0.256. The van der Waals surface area contributed by atoms with Crippen molar-refractivity contribution in [2.75, 3.05) is 13.7 Å². The third-order valence-electron chi connectivity index (χ3n) is 10.1. The summed E-state index contributed by atoms with van der Waals surface area (Å²) in [6.07, 6.45) is 15.0. The molecule has 4 fully saturated rings. The zero-order valence-corrected chi connectivity index (χ0v) is 19.2. The Kier molecular flexibility index (Phi) is 5.90. The van der Waals surface area contributed by atoms with Crippen molar-refractivity contribution >= 4 is 0 Å². The number of hydrogen-bond acceptors (Lipinski definition) is 4. The van der Waals surface area contributed by atoms with E-state index in [2.05, 4.69) is 18.1 Å². The Labute approximate surface area is 187 Å². The predicted molar refractivity (Wildman–Crippen MR) is 119 cm³/mol. The summed E-state index contributed by atoms with van der Waals surface area (Å²) < 4.78 is 7.24. The van der Waals surface area contributed by atoms with Gasteiger partial charge in [0.2, 0.25) is 0 Å². The summed E-state index contributed by atoms with van der Waals surface area (Å²) in [5.41, 5.74) is 0.825. The van der Waals surface area contributed by atoms with Gasteiger partial charge in [0.25, 0.3) is 0 Å². The number of aliphatic hydroxyl groups excluding tert-OH is 1. The lowest BCUT2D eigenvalue weighted by atomic mass is 9.49. The van der Waals surface area contributed by atoms with E-state index in [0.29, 0.717) is 18.0 Å². The van der Waals surface area contributed by atoms with Gasteiger partial charge in [0.1, 0.15) is 6.07 Å². The van der Waals surface area contributed by atoms with Crippen molar-refractivity contribution in [2.24, 2.45) is 46.8 Å². The lowest BCUT2D eigenvalue weighted by Gasteiger charge is -2.56. The molecule has 5 nitrogen and oxygen atoms in total. The van der Waals surface area contributed by atoms with Gasteiger partial charge in [-0.3, -0.25) is 4.68 Å². The van der Waals surface area contributed by atoms with E-state index in [4.69, 9.17) is 10.00 Å². The van der Waals surface area contributed by atoms with Crippen molar-refractivity contribution in [3.8, 4) is 6.07 Å². The van der Waals surface area contributed by atoms with Crippen molar-refractivity contribution < 1.29 is 9.84 Å². The van der Waals surface area contributed by atoms with E-state index in [1.807, 2.05) is 7.11 Å². The molecule has 0 saturated heterocycles. The molecule has 0 amide bonds. The molecule has 0 bridgehead atoms. The van der Waals surface area contributed by atoms with Crippen molar-refractivity contribution in [1.82, 2.24) is 9.78 Å². The van der Waals surface area contributed by atoms with Gasteiger partial charge in [-0.25, -0.2) is 0 Å². The largest absolute Gasteiger partial charge is 0.391 e. The highest BCUT2D eigenvalue weighted by atomic mass is 16.5. The average Bonchev–Trinajstić information content (AvgIpc) is 3.37. The SMILES string of the molecule is COCC1CCC2C(CCC3C2CCC2(C)C(C(O)Cn4cc(C#N)cn4)CCC32)C1. The Balaban J connectivity index is 1.27. The summed E-state index contributed by atoms with van der Waals surface area (Å²) in [4.78, 5) is 0. The van der Waals surface area contributed by atoms with Crippen LogP contribution in [0.2, 0.25) is 0 Å². The Hall–Kier alpha value is -1.38. The van der Waals surface area contributed by atoms with E-state index in [-0.39, 0.29) is 11.5 Å². The fourth-order valence-corrected chi connectivity index (χ4v) is 8.85. The predicted octanol–water partition coefficient (Wildman–Crippen LogP) is 4.65. The van der Waals surface area contributed by atoms with E-state index < -0.39 is 0 Å². The molecular formula is C26H39N3O2. The van der Waals surface area contributed by atoms with Crippen LogP contribution in [0.25, 0.3) is 0 Å². The normalized spacial score (nSPS) is 42.8. The van der Waals surface area contributed by atoms with Gasteiger partial charge in [-0.15, -0.1) is 0 Å². The number of nitrogens with zero attached hydrogens (tertiary/aromatic N) is 3. The summed E-state index contributed by atoms with van der Waals surface area (Å²) in [6.45, 7) is 3.94. The molecule has 0 radical (unpaired) electrons. The third kappa shape index (κ3) is 3.74. The number of methoxy groups -OCH3 is 1. The molecule has 5 heteroatoms. The first-order valence-electron chi connectivity index (χ1n) is 12.6. The molecule has 1 heterocycles. The summed E-state index contributed by atoms with van der Waals surface area (Å²) in [5.74, 6) is 5.56. The van der Waals surface area contributed by atoms with Crippen LogP contribution in [-0.2, 0) is 11.3 Å². The first kappa shape index (κ1) is 21.5. The molecule has 4 aliphatic rings. The molecule has 5 rings (SSSR count). The molecule has 0 aromatic carbocycles. The Morgan fingerprint density at radius 1 is 1.19 bits per heavy atom. The first-order valence-corrected chi connectivity index (χ1v) is 12.6. The molecule has 1 aromatic rings. The highest BCUT2D eigenvalue weighted by Crippen LogP contribution is 2.65. The molecule has 31 heavy (non-hydrogen) atoms. The minimum Gasteiger partial charge on any atom is -0.391 e. The van der Waals surface area contributed by atoms with Crippen LogP contribution in [0.3, 0.4) is 0 Å². The topological polar surface area (TPSA) is 71.1 Å². The van der Waals surface area contributed by atoms with E-state index in [0.717, 1.165) is 48.5 Å². The zero-order chi connectivity index (χ0) is 21.6.